The first-order chi connectivity index (χ1) is 8.52. The SMILES string of the molecule is CC[C@H](C)c1ccc(NC(=S)NNC(C)=O)cc1. The first-order valence-electron chi connectivity index (χ1n) is 5.96. The van der Waals surface area contributed by atoms with Crippen molar-refractivity contribution in [2.45, 2.75) is 33.1 Å². The summed E-state index contributed by atoms with van der Waals surface area (Å²) in [6, 6.07) is 8.11. The van der Waals surface area contributed by atoms with Crippen LogP contribution in [-0.4, -0.2) is 11.0 Å². The summed E-state index contributed by atoms with van der Waals surface area (Å²) in [6.45, 7) is 5.78. The highest BCUT2D eigenvalue weighted by atomic mass is 32.1. The zero-order chi connectivity index (χ0) is 13.5. The number of amides is 1. The Morgan fingerprint density at radius 1 is 1.28 bits per heavy atom. The standard InChI is InChI=1S/C13H19N3OS/c1-4-9(2)11-5-7-12(8-6-11)14-13(18)16-15-10(3)17/h5-9H,4H2,1-3H3,(H,15,17)(H2,14,16,18)/t9-/m0/s1. The van der Waals surface area contributed by atoms with E-state index >= 15 is 0 Å². The average molecular weight is 265 g/mol. The average Bonchev–Trinajstić information content (AvgIpc) is 2.36. The number of carbonyl (C=O) groups is 1. The quantitative estimate of drug-likeness (QED) is 0.581. The number of nitrogens with one attached hydrogen (secondary N) is 3. The van der Waals surface area contributed by atoms with E-state index in [1.54, 1.807) is 0 Å². The Balaban J connectivity index is 2.53. The van der Waals surface area contributed by atoms with Crippen LogP contribution in [0.15, 0.2) is 24.3 Å². The van der Waals surface area contributed by atoms with Crippen LogP contribution in [0.1, 0.15) is 38.7 Å². The second-order valence-electron chi connectivity index (χ2n) is 4.19. The van der Waals surface area contributed by atoms with Crippen molar-refractivity contribution in [2.24, 2.45) is 0 Å². The van der Waals surface area contributed by atoms with E-state index in [2.05, 4.69) is 42.1 Å². The minimum absolute atomic E-state index is 0.189. The van der Waals surface area contributed by atoms with E-state index in [4.69, 9.17) is 12.2 Å². The van der Waals surface area contributed by atoms with Crippen molar-refractivity contribution in [1.82, 2.24) is 10.9 Å². The third-order valence-corrected chi connectivity index (χ3v) is 2.91. The molecule has 3 N–H and O–H groups in total. The van der Waals surface area contributed by atoms with E-state index in [9.17, 15) is 4.79 Å². The van der Waals surface area contributed by atoms with Gasteiger partial charge in [0.05, 0.1) is 0 Å². The molecule has 0 heterocycles. The lowest BCUT2D eigenvalue weighted by Gasteiger charge is -2.12. The molecule has 0 saturated carbocycles. The molecule has 0 bridgehead atoms. The Hall–Kier alpha value is -1.62. The predicted molar refractivity (Wildman–Crippen MR) is 78.3 cm³/mol. The molecule has 18 heavy (non-hydrogen) atoms. The smallest absolute Gasteiger partial charge is 0.235 e. The highest BCUT2D eigenvalue weighted by Gasteiger charge is 2.03. The van der Waals surface area contributed by atoms with Crippen molar-refractivity contribution in [3.8, 4) is 0 Å². The van der Waals surface area contributed by atoms with Gasteiger partial charge in [0, 0.05) is 12.6 Å². The molecule has 98 valence electrons. The monoisotopic (exact) mass is 265 g/mol. The molecule has 0 radical (unpaired) electrons. The minimum atomic E-state index is -0.189. The summed E-state index contributed by atoms with van der Waals surface area (Å²) in [4.78, 5) is 10.7. The van der Waals surface area contributed by atoms with Crippen molar-refractivity contribution >= 4 is 28.9 Å². The number of rotatable bonds is 3. The summed E-state index contributed by atoms with van der Waals surface area (Å²) in [5, 5.41) is 3.35. The molecule has 1 rings (SSSR count). The molecule has 0 saturated heterocycles. The second kappa shape index (κ2) is 6.96. The van der Waals surface area contributed by atoms with Crippen LogP contribution < -0.4 is 16.2 Å². The zero-order valence-electron chi connectivity index (χ0n) is 10.9. The molecule has 0 aromatic heterocycles. The van der Waals surface area contributed by atoms with Crippen LogP contribution >= 0.6 is 12.2 Å². The van der Waals surface area contributed by atoms with Crippen LogP contribution in [-0.2, 0) is 4.79 Å². The summed E-state index contributed by atoms with van der Waals surface area (Å²) in [7, 11) is 0. The maximum Gasteiger partial charge on any atom is 0.235 e. The molecule has 0 unspecified atom stereocenters. The number of hydrogen-bond donors (Lipinski definition) is 3. The molecule has 4 nitrogen and oxygen atoms in total. The fourth-order valence-corrected chi connectivity index (χ4v) is 1.61. The number of anilines is 1. The number of hydrazine groups is 1. The van der Waals surface area contributed by atoms with Gasteiger partial charge in [-0.1, -0.05) is 26.0 Å². The maximum atomic E-state index is 10.7. The maximum absolute atomic E-state index is 10.7. The molecule has 0 aliphatic rings. The molecular formula is C13H19N3OS. The van der Waals surface area contributed by atoms with Crippen molar-refractivity contribution in [3.05, 3.63) is 29.8 Å². The van der Waals surface area contributed by atoms with E-state index in [0.29, 0.717) is 11.0 Å². The molecule has 0 aliphatic heterocycles. The van der Waals surface area contributed by atoms with Gasteiger partial charge in [0.15, 0.2) is 5.11 Å². The first kappa shape index (κ1) is 14.4. The van der Waals surface area contributed by atoms with Gasteiger partial charge in [-0.25, -0.2) is 0 Å². The Kier molecular flexibility index (Phi) is 5.58. The van der Waals surface area contributed by atoms with Gasteiger partial charge in [-0.15, -0.1) is 0 Å². The Bertz CT molecular complexity index is 417. The fourth-order valence-electron chi connectivity index (χ4n) is 1.44. The Labute approximate surface area is 113 Å². The second-order valence-corrected chi connectivity index (χ2v) is 4.60. The van der Waals surface area contributed by atoms with E-state index in [0.717, 1.165) is 12.1 Å². The molecule has 1 amide bonds. The Morgan fingerprint density at radius 2 is 1.89 bits per heavy atom. The highest BCUT2D eigenvalue weighted by Crippen LogP contribution is 2.20. The van der Waals surface area contributed by atoms with Gasteiger partial charge in [0.2, 0.25) is 5.91 Å². The minimum Gasteiger partial charge on any atom is -0.331 e. The zero-order valence-corrected chi connectivity index (χ0v) is 11.7. The first-order valence-corrected chi connectivity index (χ1v) is 6.37. The lowest BCUT2D eigenvalue weighted by Crippen LogP contribution is -2.42. The molecule has 0 spiro atoms. The lowest BCUT2D eigenvalue weighted by molar-refractivity contribution is -0.119. The number of thiocarbonyl (C=S) groups is 1. The number of benzene rings is 1. The van der Waals surface area contributed by atoms with Gasteiger partial charge >= 0.3 is 0 Å². The number of carbonyl (C=O) groups excluding carboxylic acids is 1. The molecule has 0 aliphatic carbocycles. The van der Waals surface area contributed by atoms with Crippen molar-refractivity contribution in [2.75, 3.05) is 5.32 Å². The fraction of sp³-hybridized carbons (Fsp3) is 0.385. The summed E-state index contributed by atoms with van der Waals surface area (Å²) in [5.74, 6) is 0.370. The van der Waals surface area contributed by atoms with Gasteiger partial charge in [-0.3, -0.25) is 15.6 Å². The van der Waals surface area contributed by atoms with Crippen molar-refractivity contribution in [1.29, 1.82) is 0 Å². The van der Waals surface area contributed by atoms with E-state index in [1.165, 1.54) is 12.5 Å². The van der Waals surface area contributed by atoms with Crippen LogP contribution in [0.5, 0.6) is 0 Å². The number of hydrogen-bond acceptors (Lipinski definition) is 2. The summed E-state index contributed by atoms with van der Waals surface area (Å²) >= 11 is 5.02. The van der Waals surface area contributed by atoms with Crippen LogP contribution in [0, 0.1) is 0 Å². The highest BCUT2D eigenvalue weighted by molar-refractivity contribution is 7.80. The third-order valence-electron chi connectivity index (χ3n) is 2.70. The van der Waals surface area contributed by atoms with Gasteiger partial charge in [-0.2, -0.15) is 0 Å². The van der Waals surface area contributed by atoms with Gasteiger partial charge in [0.25, 0.3) is 0 Å². The summed E-state index contributed by atoms with van der Waals surface area (Å²) < 4.78 is 0. The third kappa shape index (κ3) is 4.71. The van der Waals surface area contributed by atoms with Crippen molar-refractivity contribution < 1.29 is 4.79 Å². The van der Waals surface area contributed by atoms with E-state index in [-0.39, 0.29) is 5.91 Å². The molecule has 0 fully saturated rings. The predicted octanol–water partition coefficient (Wildman–Crippen LogP) is 2.54. The summed E-state index contributed by atoms with van der Waals surface area (Å²) in [5.41, 5.74) is 7.21. The van der Waals surface area contributed by atoms with Gasteiger partial charge in [-0.05, 0) is 42.3 Å². The Morgan fingerprint density at radius 3 is 2.39 bits per heavy atom. The van der Waals surface area contributed by atoms with Crippen LogP contribution in [0.2, 0.25) is 0 Å². The summed E-state index contributed by atoms with van der Waals surface area (Å²) in [6.07, 6.45) is 1.12. The van der Waals surface area contributed by atoms with Crippen molar-refractivity contribution in [3.63, 3.8) is 0 Å². The lowest BCUT2D eigenvalue weighted by atomic mass is 9.99. The van der Waals surface area contributed by atoms with Gasteiger partial charge < -0.3 is 5.32 Å². The topological polar surface area (TPSA) is 53.2 Å². The van der Waals surface area contributed by atoms with Crippen LogP contribution in [0.25, 0.3) is 0 Å². The molecule has 5 heteroatoms. The molecular weight excluding hydrogens is 246 g/mol. The normalized spacial score (nSPS) is 11.5. The molecule has 1 aromatic carbocycles. The largest absolute Gasteiger partial charge is 0.331 e. The van der Waals surface area contributed by atoms with Crippen LogP contribution in [0.4, 0.5) is 5.69 Å². The van der Waals surface area contributed by atoms with E-state index in [1.807, 2.05) is 12.1 Å². The van der Waals surface area contributed by atoms with Gasteiger partial charge in [0.1, 0.15) is 0 Å². The molecule has 1 atom stereocenters. The molecule has 1 aromatic rings. The van der Waals surface area contributed by atoms with E-state index < -0.39 is 0 Å². The van der Waals surface area contributed by atoms with Crippen LogP contribution in [0.3, 0.4) is 0 Å².